The number of rotatable bonds is 9. The van der Waals surface area contributed by atoms with E-state index in [1.807, 2.05) is 4.90 Å². The number of benzene rings is 2. The van der Waals surface area contributed by atoms with Crippen molar-refractivity contribution in [2.75, 3.05) is 19.8 Å². The molecule has 1 aliphatic rings. The Morgan fingerprint density at radius 2 is 1.47 bits per heavy atom. The Balaban J connectivity index is 1.41. The number of primary sulfonamides is 1. The molecule has 1 amide bonds. The molecule has 1 heterocycles. The lowest BCUT2D eigenvalue weighted by atomic mass is 9.97. The Kier molecular flexibility index (Phi) is 8.51. The molecular formula is C24H30N2O7S. The molecule has 0 aromatic heterocycles. The van der Waals surface area contributed by atoms with Gasteiger partial charge in [-0.15, -0.1) is 0 Å². The molecule has 10 heteroatoms. The van der Waals surface area contributed by atoms with Crippen LogP contribution in [0.15, 0.2) is 53.4 Å². The summed E-state index contributed by atoms with van der Waals surface area (Å²) in [6.07, 6.45) is 3.14. The van der Waals surface area contributed by atoms with Gasteiger partial charge in [0.05, 0.1) is 10.5 Å². The van der Waals surface area contributed by atoms with Crippen LogP contribution in [0.5, 0.6) is 11.5 Å². The molecule has 0 aliphatic carbocycles. The van der Waals surface area contributed by atoms with E-state index >= 15 is 0 Å². The minimum absolute atomic E-state index is 0.00866. The molecule has 34 heavy (non-hydrogen) atoms. The zero-order valence-electron chi connectivity index (χ0n) is 19.3. The van der Waals surface area contributed by atoms with Crippen LogP contribution in [0.25, 0.3) is 0 Å². The largest absolute Gasteiger partial charge is 0.490 e. The van der Waals surface area contributed by atoms with Crippen LogP contribution in [0.2, 0.25) is 0 Å². The molecule has 0 radical (unpaired) electrons. The van der Waals surface area contributed by atoms with Gasteiger partial charge in [0.15, 0.2) is 6.61 Å². The molecule has 2 N–H and O–H groups in total. The molecule has 1 saturated heterocycles. The number of hydrogen-bond donors (Lipinski definition) is 1. The summed E-state index contributed by atoms with van der Waals surface area (Å²) in [6, 6.07) is 12.4. The van der Waals surface area contributed by atoms with E-state index in [1.165, 1.54) is 24.3 Å². The highest BCUT2D eigenvalue weighted by atomic mass is 32.2. The average molecular weight is 491 g/mol. The second-order valence-corrected chi connectivity index (χ2v) is 9.81. The standard InChI is InChI=1S/C24H30N2O7S/c1-17-4-3-5-18(2)26(17)23(27)16-33-21-8-6-19(7-9-21)24(28)32-15-14-31-20-10-12-22(13-11-20)34(25,29)30/h6-13,17-18H,3-5,14-16H2,1-2H3,(H2,25,29,30). The number of ether oxygens (including phenoxy) is 3. The summed E-state index contributed by atoms with van der Waals surface area (Å²) in [5, 5.41) is 5.05. The van der Waals surface area contributed by atoms with Crippen LogP contribution in [-0.4, -0.2) is 57.1 Å². The lowest BCUT2D eigenvalue weighted by Crippen LogP contribution is -2.49. The number of esters is 1. The molecule has 3 rings (SSSR count). The number of sulfonamides is 1. The minimum atomic E-state index is -3.76. The Bertz CT molecular complexity index is 1080. The fourth-order valence-electron chi connectivity index (χ4n) is 3.92. The van der Waals surface area contributed by atoms with Crippen molar-refractivity contribution < 1.29 is 32.2 Å². The molecule has 0 spiro atoms. The van der Waals surface area contributed by atoms with Gasteiger partial charge in [-0.3, -0.25) is 4.79 Å². The van der Waals surface area contributed by atoms with E-state index in [9.17, 15) is 18.0 Å². The van der Waals surface area contributed by atoms with Crippen molar-refractivity contribution in [2.45, 2.75) is 50.1 Å². The maximum absolute atomic E-state index is 12.6. The second-order valence-electron chi connectivity index (χ2n) is 8.24. The Labute approximate surface area is 199 Å². The molecule has 0 bridgehead atoms. The molecule has 2 aromatic rings. The molecule has 184 valence electrons. The highest BCUT2D eigenvalue weighted by molar-refractivity contribution is 7.89. The van der Waals surface area contributed by atoms with Crippen LogP contribution in [0.3, 0.4) is 0 Å². The molecular weight excluding hydrogens is 460 g/mol. The number of nitrogens with two attached hydrogens (primary N) is 1. The maximum atomic E-state index is 12.6. The number of amides is 1. The van der Waals surface area contributed by atoms with Gasteiger partial charge in [-0.25, -0.2) is 18.4 Å². The molecule has 2 unspecified atom stereocenters. The summed E-state index contributed by atoms with van der Waals surface area (Å²) >= 11 is 0. The van der Waals surface area contributed by atoms with Crippen molar-refractivity contribution >= 4 is 21.9 Å². The number of carbonyl (C=O) groups is 2. The number of piperidine rings is 1. The van der Waals surface area contributed by atoms with Crippen LogP contribution >= 0.6 is 0 Å². The zero-order chi connectivity index (χ0) is 24.7. The van der Waals surface area contributed by atoms with Crippen LogP contribution < -0.4 is 14.6 Å². The topological polar surface area (TPSA) is 125 Å². The highest BCUT2D eigenvalue weighted by Gasteiger charge is 2.29. The van der Waals surface area contributed by atoms with E-state index < -0.39 is 16.0 Å². The Hall–Kier alpha value is -3.11. The van der Waals surface area contributed by atoms with Crippen LogP contribution in [-0.2, 0) is 19.6 Å². The van der Waals surface area contributed by atoms with E-state index in [0.29, 0.717) is 17.1 Å². The van der Waals surface area contributed by atoms with Crippen molar-refractivity contribution in [3.8, 4) is 11.5 Å². The van der Waals surface area contributed by atoms with Gasteiger partial charge in [-0.05, 0) is 81.6 Å². The number of hydrogen-bond acceptors (Lipinski definition) is 7. The summed E-state index contributed by atoms with van der Waals surface area (Å²) in [5.74, 6) is 0.357. The molecule has 9 nitrogen and oxygen atoms in total. The van der Waals surface area contributed by atoms with Gasteiger partial charge in [0.2, 0.25) is 10.0 Å². The fourth-order valence-corrected chi connectivity index (χ4v) is 4.44. The second kappa shape index (κ2) is 11.3. The van der Waals surface area contributed by atoms with Gasteiger partial charge >= 0.3 is 5.97 Å². The summed E-state index contributed by atoms with van der Waals surface area (Å²) in [4.78, 5) is 26.6. The van der Waals surface area contributed by atoms with E-state index in [2.05, 4.69) is 13.8 Å². The minimum Gasteiger partial charge on any atom is -0.490 e. The van der Waals surface area contributed by atoms with Crippen molar-refractivity contribution in [2.24, 2.45) is 5.14 Å². The van der Waals surface area contributed by atoms with Gasteiger partial charge < -0.3 is 19.1 Å². The molecule has 0 saturated carbocycles. The third-order valence-corrected chi connectivity index (χ3v) is 6.60. The van der Waals surface area contributed by atoms with Gasteiger partial charge in [-0.2, -0.15) is 0 Å². The lowest BCUT2D eigenvalue weighted by Gasteiger charge is -2.38. The van der Waals surface area contributed by atoms with E-state index in [4.69, 9.17) is 19.3 Å². The van der Waals surface area contributed by atoms with Gasteiger partial charge in [0.25, 0.3) is 5.91 Å². The summed E-state index contributed by atoms with van der Waals surface area (Å²) in [5.41, 5.74) is 0.342. The zero-order valence-corrected chi connectivity index (χ0v) is 20.1. The van der Waals surface area contributed by atoms with Crippen LogP contribution in [0, 0.1) is 0 Å². The maximum Gasteiger partial charge on any atom is 0.338 e. The van der Waals surface area contributed by atoms with E-state index in [0.717, 1.165) is 19.3 Å². The first-order valence-electron chi connectivity index (χ1n) is 11.1. The van der Waals surface area contributed by atoms with Gasteiger partial charge in [0, 0.05) is 12.1 Å². The Morgan fingerprint density at radius 1 is 0.912 bits per heavy atom. The van der Waals surface area contributed by atoms with Crippen LogP contribution in [0.4, 0.5) is 0 Å². The van der Waals surface area contributed by atoms with E-state index in [1.54, 1.807) is 24.3 Å². The number of nitrogens with zero attached hydrogens (tertiary/aromatic N) is 1. The van der Waals surface area contributed by atoms with Crippen molar-refractivity contribution in [1.82, 2.24) is 4.90 Å². The molecule has 1 fully saturated rings. The average Bonchev–Trinajstić information content (AvgIpc) is 2.80. The van der Waals surface area contributed by atoms with Crippen LogP contribution in [0.1, 0.15) is 43.5 Å². The van der Waals surface area contributed by atoms with E-state index in [-0.39, 0.29) is 42.7 Å². The number of likely N-dealkylation sites (tertiary alicyclic amines) is 1. The normalized spacial score (nSPS) is 18.3. The quantitative estimate of drug-likeness (QED) is 0.423. The molecule has 1 aliphatic heterocycles. The third-order valence-electron chi connectivity index (χ3n) is 5.67. The third kappa shape index (κ3) is 6.94. The first-order valence-corrected chi connectivity index (χ1v) is 12.7. The first kappa shape index (κ1) is 25.5. The van der Waals surface area contributed by atoms with Crippen molar-refractivity contribution in [3.05, 3.63) is 54.1 Å². The van der Waals surface area contributed by atoms with Gasteiger partial charge in [0.1, 0.15) is 24.7 Å². The smallest absolute Gasteiger partial charge is 0.338 e. The molecule has 2 aromatic carbocycles. The summed E-state index contributed by atoms with van der Waals surface area (Å²) in [6.45, 7) is 4.17. The predicted octanol–water partition coefficient (Wildman–Crippen LogP) is 2.74. The summed E-state index contributed by atoms with van der Waals surface area (Å²) < 4.78 is 38.7. The highest BCUT2D eigenvalue weighted by Crippen LogP contribution is 2.23. The summed E-state index contributed by atoms with van der Waals surface area (Å²) in [7, 11) is -3.76. The SMILES string of the molecule is CC1CCCC(C)N1C(=O)COc1ccc(C(=O)OCCOc2ccc(S(N)(=O)=O)cc2)cc1. The Morgan fingerprint density at radius 3 is 2.06 bits per heavy atom. The van der Waals surface area contributed by atoms with Gasteiger partial charge in [-0.1, -0.05) is 0 Å². The number of carbonyl (C=O) groups excluding carboxylic acids is 2. The lowest BCUT2D eigenvalue weighted by molar-refractivity contribution is -0.139. The van der Waals surface area contributed by atoms with Crippen molar-refractivity contribution in [1.29, 1.82) is 0 Å². The fraction of sp³-hybridized carbons (Fsp3) is 0.417. The van der Waals surface area contributed by atoms with Crippen molar-refractivity contribution in [3.63, 3.8) is 0 Å². The molecule has 2 atom stereocenters. The monoisotopic (exact) mass is 490 g/mol. The predicted molar refractivity (Wildman–Crippen MR) is 125 cm³/mol. The first-order chi connectivity index (χ1) is 16.1.